The number of alkyl halides is 3. The maximum Gasteiger partial charge on any atom is 0.417 e. The number of nitrogens with zero attached hydrogens (tertiary/aromatic N) is 4. The molecule has 1 fully saturated rings. The fourth-order valence-electron chi connectivity index (χ4n) is 4.94. The number of nitrogens with one attached hydrogen (secondary N) is 1. The monoisotopic (exact) mass is 493 g/mol. The van der Waals surface area contributed by atoms with Crippen LogP contribution in [0.1, 0.15) is 30.0 Å². The summed E-state index contributed by atoms with van der Waals surface area (Å²) in [5, 5.41) is 3.05. The first-order valence-electron chi connectivity index (χ1n) is 11.1. The maximum absolute atomic E-state index is 13.1. The predicted molar refractivity (Wildman–Crippen MR) is 122 cm³/mol. The highest BCUT2D eigenvalue weighted by molar-refractivity contribution is 6.31. The smallest absolute Gasteiger partial charge is 0.310 e. The van der Waals surface area contributed by atoms with Crippen LogP contribution in [0.3, 0.4) is 0 Å². The summed E-state index contributed by atoms with van der Waals surface area (Å²) in [5.74, 6) is 0. The summed E-state index contributed by atoms with van der Waals surface area (Å²) in [6.45, 7) is 2.98. The summed E-state index contributed by atoms with van der Waals surface area (Å²) in [6.07, 6.45) is -1.52. The second-order valence-electron chi connectivity index (χ2n) is 8.88. The van der Waals surface area contributed by atoms with Gasteiger partial charge in [0.25, 0.3) is 11.1 Å². The van der Waals surface area contributed by atoms with Crippen LogP contribution in [0.25, 0.3) is 11.2 Å². The SMILES string of the molecule is O=c1ccc2ncc(=O)n3c2n1CC3CN1CCC(NCc2ccc(Cl)c(C(F)(F)F)c2)CC1. The summed E-state index contributed by atoms with van der Waals surface area (Å²) >= 11 is 5.70. The number of rotatable bonds is 5. The van der Waals surface area contributed by atoms with Crippen LogP contribution in [0, 0.1) is 0 Å². The van der Waals surface area contributed by atoms with Crippen LogP contribution in [0.2, 0.25) is 5.02 Å². The molecule has 1 saturated heterocycles. The molecular weight excluding hydrogens is 471 g/mol. The highest BCUT2D eigenvalue weighted by Crippen LogP contribution is 2.35. The van der Waals surface area contributed by atoms with Crippen LogP contribution in [-0.4, -0.2) is 44.7 Å². The van der Waals surface area contributed by atoms with Gasteiger partial charge in [-0.05, 0) is 49.7 Å². The Kier molecular flexibility index (Phi) is 5.99. The number of aromatic nitrogens is 3. The Labute approximate surface area is 197 Å². The van der Waals surface area contributed by atoms with Crippen LogP contribution in [0.4, 0.5) is 13.2 Å². The Hall–Kier alpha value is -2.69. The van der Waals surface area contributed by atoms with E-state index in [4.69, 9.17) is 11.6 Å². The fourth-order valence-corrected chi connectivity index (χ4v) is 5.17. The highest BCUT2D eigenvalue weighted by Gasteiger charge is 2.33. The topological polar surface area (TPSA) is 72.2 Å². The summed E-state index contributed by atoms with van der Waals surface area (Å²) < 4.78 is 42.5. The Bertz CT molecular complexity index is 1340. The van der Waals surface area contributed by atoms with Crippen LogP contribution in [0.5, 0.6) is 0 Å². The van der Waals surface area contributed by atoms with E-state index in [0.717, 1.165) is 32.0 Å². The van der Waals surface area contributed by atoms with Gasteiger partial charge < -0.3 is 10.2 Å². The number of hydrogen-bond donors (Lipinski definition) is 1. The van der Waals surface area contributed by atoms with Crippen molar-refractivity contribution in [3.63, 3.8) is 0 Å². The van der Waals surface area contributed by atoms with Gasteiger partial charge in [-0.2, -0.15) is 13.2 Å². The molecule has 1 unspecified atom stereocenters. The number of likely N-dealkylation sites (tertiary alicyclic amines) is 1. The van der Waals surface area contributed by atoms with Crippen molar-refractivity contribution in [2.75, 3.05) is 19.6 Å². The van der Waals surface area contributed by atoms with Crippen molar-refractivity contribution < 1.29 is 13.2 Å². The molecule has 180 valence electrons. The van der Waals surface area contributed by atoms with E-state index < -0.39 is 11.7 Å². The molecule has 2 aliphatic rings. The van der Waals surface area contributed by atoms with Gasteiger partial charge in [-0.15, -0.1) is 0 Å². The lowest BCUT2D eigenvalue weighted by atomic mass is 10.0. The number of benzene rings is 1. The second-order valence-corrected chi connectivity index (χ2v) is 9.29. The average Bonchev–Trinajstić information content (AvgIpc) is 3.19. The first-order valence-corrected chi connectivity index (χ1v) is 11.5. The van der Waals surface area contributed by atoms with Gasteiger partial charge >= 0.3 is 6.18 Å². The predicted octanol–water partition coefficient (Wildman–Crippen LogP) is 3.04. The van der Waals surface area contributed by atoms with E-state index in [0.29, 0.717) is 36.4 Å². The van der Waals surface area contributed by atoms with E-state index in [2.05, 4.69) is 15.2 Å². The van der Waals surface area contributed by atoms with E-state index in [-0.39, 0.29) is 28.2 Å². The van der Waals surface area contributed by atoms with Crippen LogP contribution < -0.4 is 16.4 Å². The van der Waals surface area contributed by atoms with E-state index >= 15 is 0 Å². The van der Waals surface area contributed by atoms with Gasteiger partial charge in [0.15, 0.2) is 0 Å². The van der Waals surface area contributed by atoms with Gasteiger partial charge in [-0.3, -0.25) is 18.7 Å². The number of piperidine rings is 1. The van der Waals surface area contributed by atoms with Crippen molar-refractivity contribution >= 4 is 22.8 Å². The molecule has 1 atom stereocenters. The van der Waals surface area contributed by atoms with E-state index in [1.165, 1.54) is 18.3 Å². The summed E-state index contributed by atoms with van der Waals surface area (Å²) in [5.41, 5.74) is 0.556. The van der Waals surface area contributed by atoms with Crippen molar-refractivity contribution in [3.05, 3.63) is 73.4 Å². The molecule has 1 aromatic carbocycles. The summed E-state index contributed by atoms with van der Waals surface area (Å²) in [4.78, 5) is 31.2. The molecule has 5 rings (SSSR count). The molecule has 0 bridgehead atoms. The minimum atomic E-state index is -4.48. The highest BCUT2D eigenvalue weighted by atomic mass is 35.5. The Morgan fingerprint density at radius 1 is 1.09 bits per heavy atom. The number of halogens is 4. The van der Waals surface area contributed by atoms with Crippen molar-refractivity contribution in [2.45, 2.75) is 44.2 Å². The molecule has 2 aliphatic heterocycles. The first-order chi connectivity index (χ1) is 16.2. The molecule has 2 aromatic heterocycles. The lowest BCUT2D eigenvalue weighted by Crippen LogP contribution is -2.44. The number of hydrogen-bond acceptors (Lipinski definition) is 5. The molecule has 0 spiro atoms. The zero-order valence-corrected chi connectivity index (χ0v) is 18.9. The van der Waals surface area contributed by atoms with Gasteiger partial charge in [0, 0.05) is 31.7 Å². The van der Waals surface area contributed by atoms with Crippen LogP contribution in [-0.2, 0) is 19.3 Å². The standard InChI is InChI=1S/C23H23ClF3N5O2/c24-18-2-1-14(9-17(18)23(25,26)27)10-28-15-5-7-30(8-6-15)12-16-13-31-20(33)4-3-19-22(31)32(16)21(34)11-29-19/h1-4,9,11,15-16,28H,5-8,10,12-13H2. The van der Waals surface area contributed by atoms with Gasteiger partial charge in [0.1, 0.15) is 11.2 Å². The molecule has 0 aliphatic carbocycles. The van der Waals surface area contributed by atoms with E-state index in [1.807, 2.05) is 0 Å². The Morgan fingerprint density at radius 2 is 1.85 bits per heavy atom. The molecule has 0 amide bonds. The molecule has 0 saturated carbocycles. The average molecular weight is 494 g/mol. The van der Waals surface area contributed by atoms with Crippen molar-refractivity contribution in [2.24, 2.45) is 0 Å². The number of pyridine rings is 1. The van der Waals surface area contributed by atoms with Crippen LogP contribution >= 0.6 is 11.6 Å². The molecule has 34 heavy (non-hydrogen) atoms. The van der Waals surface area contributed by atoms with Crippen molar-refractivity contribution in [1.29, 1.82) is 0 Å². The quantitative estimate of drug-likeness (QED) is 0.591. The van der Waals surface area contributed by atoms with Gasteiger partial charge in [-0.25, -0.2) is 4.98 Å². The third-order valence-electron chi connectivity index (χ3n) is 6.66. The zero-order valence-electron chi connectivity index (χ0n) is 18.2. The molecule has 4 heterocycles. The second kappa shape index (κ2) is 8.83. The molecule has 0 radical (unpaired) electrons. The minimum absolute atomic E-state index is 0.144. The zero-order chi connectivity index (χ0) is 24.0. The lowest BCUT2D eigenvalue weighted by Gasteiger charge is -2.34. The maximum atomic E-state index is 13.1. The third-order valence-corrected chi connectivity index (χ3v) is 6.99. The van der Waals surface area contributed by atoms with Crippen molar-refractivity contribution in [3.8, 4) is 0 Å². The largest absolute Gasteiger partial charge is 0.417 e. The Balaban J connectivity index is 1.19. The molecule has 3 aromatic rings. The lowest BCUT2D eigenvalue weighted by molar-refractivity contribution is -0.137. The van der Waals surface area contributed by atoms with Gasteiger partial charge in [0.05, 0.1) is 22.8 Å². The van der Waals surface area contributed by atoms with Crippen LogP contribution in [0.15, 0.2) is 46.1 Å². The van der Waals surface area contributed by atoms with Gasteiger partial charge in [-0.1, -0.05) is 17.7 Å². The first kappa shape index (κ1) is 23.1. The fraction of sp³-hybridized carbons (Fsp3) is 0.435. The molecular formula is C23H23ClF3N5O2. The molecule has 7 nitrogen and oxygen atoms in total. The Morgan fingerprint density at radius 3 is 2.59 bits per heavy atom. The van der Waals surface area contributed by atoms with Gasteiger partial charge in [0.2, 0.25) is 0 Å². The summed E-state index contributed by atoms with van der Waals surface area (Å²) in [6, 6.07) is 7.13. The van der Waals surface area contributed by atoms with E-state index in [1.54, 1.807) is 21.3 Å². The molecule has 1 N–H and O–H groups in total. The third kappa shape index (κ3) is 4.37. The summed E-state index contributed by atoms with van der Waals surface area (Å²) in [7, 11) is 0. The van der Waals surface area contributed by atoms with E-state index in [9.17, 15) is 22.8 Å². The normalized spacial score (nSPS) is 19.2. The minimum Gasteiger partial charge on any atom is -0.310 e. The van der Waals surface area contributed by atoms with Crippen molar-refractivity contribution in [1.82, 2.24) is 24.3 Å². The molecule has 11 heteroatoms.